The van der Waals surface area contributed by atoms with Crippen LogP contribution in [0.15, 0.2) is 29.2 Å². The lowest BCUT2D eigenvalue weighted by atomic mass is 10.1. The largest absolute Gasteiger partial charge is 0.338 e. The summed E-state index contributed by atoms with van der Waals surface area (Å²) in [7, 11) is -3.44. The third-order valence-corrected chi connectivity index (χ3v) is 5.90. The van der Waals surface area contributed by atoms with E-state index in [4.69, 9.17) is 0 Å². The number of sulfonamides is 1. The summed E-state index contributed by atoms with van der Waals surface area (Å²) < 4.78 is 26.7. The molecule has 1 aromatic rings. The fourth-order valence-electron chi connectivity index (χ4n) is 2.57. The molecular weight excluding hydrogens is 314 g/mol. The van der Waals surface area contributed by atoms with E-state index in [-0.39, 0.29) is 12.1 Å². The van der Waals surface area contributed by atoms with E-state index in [1.165, 1.54) is 4.31 Å². The summed E-state index contributed by atoms with van der Waals surface area (Å²) in [5, 5.41) is 5.67. The van der Waals surface area contributed by atoms with Crippen molar-refractivity contribution in [2.75, 3.05) is 19.6 Å². The molecule has 1 aliphatic heterocycles. The number of hydrogen-bond acceptors (Lipinski definition) is 3. The van der Waals surface area contributed by atoms with Crippen molar-refractivity contribution in [3.63, 3.8) is 0 Å². The summed E-state index contributed by atoms with van der Waals surface area (Å²) in [6.45, 7) is 5.42. The highest BCUT2D eigenvalue weighted by atomic mass is 32.2. The fraction of sp³-hybridized carbons (Fsp3) is 0.562. The van der Waals surface area contributed by atoms with E-state index >= 15 is 0 Å². The number of aryl methyl sites for hydroxylation is 1. The van der Waals surface area contributed by atoms with Crippen molar-refractivity contribution in [1.29, 1.82) is 0 Å². The summed E-state index contributed by atoms with van der Waals surface area (Å²) >= 11 is 0. The minimum absolute atomic E-state index is 0.0244. The Balaban J connectivity index is 1.91. The van der Waals surface area contributed by atoms with Crippen LogP contribution in [0.4, 0.5) is 4.79 Å². The number of carbonyl (C=O) groups excluding carboxylic acids is 1. The van der Waals surface area contributed by atoms with E-state index < -0.39 is 10.0 Å². The molecule has 1 aliphatic rings. The molecule has 2 N–H and O–H groups in total. The molecule has 128 valence electrons. The van der Waals surface area contributed by atoms with Gasteiger partial charge < -0.3 is 10.6 Å². The second-order valence-corrected chi connectivity index (χ2v) is 7.83. The van der Waals surface area contributed by atoms with Crippen LogP contribution in [0.25, 0.3) is 0 Å². The van der Waals surface area contributed by atoms with E-state index in [0.29, 0.717) is 37.4 Å². The Morgan fingerprint density at radius 1 is 1.22 bits per heavy atom. The Morgan fingerprint density at radius 3 is 2.39 bits per heavy atom. The van der Waals surface area contributed by atoms with Crippen molar-refractivity contribution in [2.45, 2.75) is 44.0 Å². The fourth-order valence-corrected chi connectivity index (χ4v) is 4.04. The number of nitrogens with one attached hydrogen (secondary N) is 2. The van der Waals surface area contributed by atoms with Gasteiger partial charge >= 0.3 is 6.03 Å². The van der Waals surface area contributed by atoms with E-state index in [1.54, 1.807) is 24.3 Å². The molecule has 0 unspecified atom stereocenters. The Kier molecular flexibility index (Phi) is 6.01. The highest BCUT2D eigenvalue weighted by Gasteiger charge is 2.29. The summed E-state index contributed by atoms with van der Waals surface area (Å²) in [6.07, 6.45) is 2.15. The Labute approximate surface area is 138 Å². The number of piperidine rings is 1. The standard InChI is InChI=1S/C16H25N3O3S/c1-3-10-17-16(20)18-14-8-11-19(12-9-14)23(21,22)15-6-4-13(2)5-7-15/h4-7,14H,3,8-12H2,1-2H3,(H2,17,18,20). The molecule has 0 aromatic heterocycles. The number of urea groups is 1. The summed E-state index contributed by atoms with van der Waals surface area (Å²) in [5.74, 6) is 0. The van der Waals surface area contributed by atoms with Gasteiger partial charge in [-0.2, -0.15) is 4.31 Å². The lowest BCUT2D eigenvalue weighted by Crippen LogP contribution is -2.49. The van der Waals surface area contributed by atoms with Gasteiger partial charge in [0.15, 0.2) is 0 Å². The monoisotopic (exact) mass is 339 g/mol. The smallest absolute Gasteiger partial charge is 0.315 e. The third-order valence-electron chi connectivity index (χ3n) is 3.98. The molecule has 0 atom stereocenters. The van der Waals surface area contributed by atoms with Crippen molar-refractivity contribution in [2.24, 2.45) is 0 Å². The van der Waals surface area contributed by atoms with Crippen LogP contribution in [0.2, 0.25) is 0 Å². The SMILES string of the molecule is CCCNC(=O)NC1CCN(S(=O)(=O)c2ccc(C)cc2)CC1. The molecule has 2 rings (SSSR count). The highest BCUT2D eigenvalue weighted by molar-refractivity contribution is 7.89. The van der Waals surface area contributed by atoms with Crippen molar-refractivity contribution in [3.05, 3.63) is 29.8 Å². The Morgan fingerprint density at radius 2 is 1.83 bits per heavy atom. The average molecular weight is 339 g/mol. The average Bonchev–Trinajstić information content (AvgIpc) is 2.54. The highest BCUT2D eigenvalue weighted by Crippen LogP contribution is 2.21. The van der Waals surface area contributed by atoms with Crippen LogP contribution >= 0.6 is 0 Å². The molecule has 7 heteroatoms. The molecule has 1 fully saturated rings. The summed E-state index contributed by atoms with van der Waals surface area (Å²) in [4.78, 5) is 12.0. The maximum Gasteiger partial charge on any atom is 0.315 e. The number of carbonyl (C=O) groups is 1. The maximum absolute atomic E-state index is 12.6. The molecule has 0 aliphatic carbocycles. The topological polar surface area (TPSA) is 78.5 Å². The van der Waals surface area contributed by atoms with Gasteiger partial charge in [-0.3, -0.25) is 0 Å². The molecule has 1 heterocycles. The Hall–Kier alpha value is -1.60. The first-order valence-corrected chi connectivity index (χ1v) is 9.48. The van der Waals surface area contributed by atoms with Gasteiger partial charge in [0.25, 0.3) is 0 Å². The van der Waals surface area contributed by atoms with E-state index in [0.717, 1.165) is 12.0 Å². The molecular formula is C16H25N3O3S. The molecule has 23 heavy (non-hydrogen) atoms. The third kappa shape index (κ3) is 4.68. The molecule has 2 amide bonds. The lowest BCUT2D eigenvalue weighted by molar-refractivity contribution is 0.227. The quantitative estimate of drug-likeness (QED) is 0.859. The first-order valence-electron chi connectivity index (χ1n) is 8.04. The zero-order valence-electron chi connectivity index (χ0n) is 13.7. The van der Waals surface area contributed by atoms with Crippen LogP contribution in [-0.2, 0) is 10.0 Å². The van der Waals surface area contributed by atoms with E-state index in [1.807, 2.05) is 13.8 Å². The van der Waals surface area contributed by atoms with Crippen molar-refractivity contribution < 1.29 is 13.2 Å². The van der Waals surface area contributed by atoms with Crippen LogP contribution in [0.1, 0.15) is 31.7 Å². The number of nitrogens with zero attached hydrogens (tertiary/aromatic N) is 1. The molecule has 6 nitrogen and oxygen atoms in total. The first-order chi connectivity index (χ1) is 10.9. The van der Waals surface area contributed by atoms with Gasteiger partial charge in [-0.1, -0.05) is 24.6 Å². The zero-order chi connectivity index (χ0) is 16.9. The van der Waals surface area contributed by atoms with E-state index in [9.17, 15) is 13.2 Å². The predicted molar refractivity (Wildman–Crippen MR) is 89.8 cm³/mol. The van der Waals surface area contributed by atoms with Crippen molar-refractivity contribution in [3.8, 4) is 0 Å². The zero-order valence-corrected chi connectivity index (χ0v) is 14.5. The Bertz CT molecular complexity index is 620. The molecule has 1 saturated heterocycles. The molecule has 0 radical (unpaired) electrons. The summed E-state index contributed by atoms with van der Waals surface area (Å²) in [5.41, 5.74) is 1.03. The van der Waals surface area contributed by atoms with Gasteiger partial charge in [0.1, 0.15) is 0 Å². The van der Waals surface area contributed by atoms with Crippen LogP contribution in [0.3, 0.4) is 0 Å². The van der Waals surface area contributed by atoms with Gasteiger partial charge in [-0.05, 0) is 38.3 Å². The predicted octanol–water partition coefficient (Wildman–Crippen LogP) is 1.86. The van der Waals surface area contributed by atoms with Gasteiger partial charge in [-0.15, -0.1) is 0 Å². The number of benzene rings is 1. The van der Waals surface area contributed by atoms with Gasteiger partial charge in [0.05, 0.1) is 4.90 Å². The normalized spacial score (nSPS) is 17.0. The van der Waals surface area contributed by atoms with Crippen molar-refractivity contribution >= 4 is 16.1 Å². The first kappa shape index (κ1) is 17.7. The molecule has 0 bridgehead atoms. The molecule has 1 aromatic carbocycles. The maximum atomic E-state index is 12.6. The number of rotatable bonds is 5. The van der Waals surface area contributed by atoms with Gasteiger partial charge in [0, 0.05) is 25.7 Å². The summed E-state index contributed by atoms with van der Waals surface area (Å²) in [6, 6.07) is 6.75. The number of hydrogen-bond donors (Lipinski definition) is 2. The molecule has 0 spiro atoms. The van der Waals surface area contributed by atoms with Crippen LogP contribution in [0, 0.1) is 6.92 Å². The van der Waals surface area contributed by atoms with Crippen LogP contribution in [-0.4, -0.2) is 44.4 Å². The van der Waals surface area contributed by atoms with Crippen LogP contribution < -0.4 is 10.6 Å². The lowest BCUT2D eigenvalue weighted by Gasteiger charge is -2.31. The second kappa shape index (κ2) is 7.79. The van der Waals surface area contributed by atoms with Crippen LogP contribution in [0.5, 0.6) is 0 Å². The number of amides is 2. The second-order valence-electron chi connectivity index (χ2n) is 5.89. The van der Waals surface area contributed by atoms with Gasteiger partial charge in [-0.25, -0.2) is 13.2 Å². The minimum Gasteiger partial charge on any atom is -0.338 e. The molecule has 0 saturated carbocycles. The van der Waals surface area contributed by atoms with E-state index in [2.05, 4.69) is 10.6 Å². The van der Waals surface area contributed by atoms with Gasteiger partial charge in [0.2, 0.25) is 10.0 Å². The van der Waals surface area contributed by atoms with Crippen molar-refractivity contribution in [1.82, 2.24) is 14.9 Å². The minimum atomic E-state index is -3.44.